The predicted octanol–water partition coefficient (Wildman–Crippen LogP) is 1.57. The molecule has 0 radical (unpaired) electrons. The normalized spacial score (nSPS) is 10.2. The molecular weight excluding hydrogens is 249 g/mol. The SMILES string of the molecule is NCc1ccc(Oc2ncccc2C(N)=O)c(F)c1. The standard InChI is InChI=1S/C13H12FN3O2/c14-10-6-8(7-15)3-4-11(10)19-13-9(12(16)18)2-1-5-17-13/h1-6H,7,15H2,(H2,16,18). The van der Waals surface area contributed by atoms with E-state index in [0.717, 1.165) is 0 Å². The van der Waals surface area contributed by atoms with Crippen LogP contribution in [0.15, 0.2) is 36.5 Å². The Kier molecular flexibility index (Phi) is 3.72. The maximum atomic E-state index is 13.7. The lowest BCUT2D eigenvalue weighted by Gasteiger charge is -2.09. The molecule has 6 heteroatoms. The second-order valence-corrected chi connectivity index (χ2v) is 3.79. The third-order valence-electron chi connectivity index (χ3n) is 2.48. The van der Waals surface area contributed by atoms with Gasteiger partial charge in [-0.3, -0.25) is 4.79 Å². The van der Waals surface area contributed by atoms with Crippen LogP contribution < -0.4 is 16.2 Å². The lowest BCUT2D eigenvalue weighted by molar-refractivity contribution is 0.0997. The number of hydrogen-bond acceptors (Lipinski definition) is 4. The quantitative estimate of drug-likeness (QED) is 0.873. The van der Waals surface area contributed by atoms with Crippen molar-refractivity contribution < 1.29 is 13.9 Å². The minimum atomic E-state index is -0.693. The van der Waals surface area contributed by atoms with E-state index in [9.17, 15) is 9.18 Å². The molecule has 2 aromatic rings. The van der Waals surface area contributed by atoms with E-state index in [1.165, 1.54) is 24.4 Å². The molecule has 0 aliphatic rings. The summed E-state index contributed by atoms with van der Waals surface area (Å²) < 4.78 is 19.0. The molecule has 98 valence electrons. The Morgan fingerprint density at radius 2 is 2.16 bits per heavy atom. The summed E-state index contributed by atoms with van der Waals surface area (Å²) >= 11 is 0. The maximum Gasteiger partial charge on any atom is 0.254 e. The highest BCUT2D eigenvalue weighted by Crippen LogP contribution is 2.25. The number of benzene rings is 1. The van der Waals surface area contributed by atoms with Gasteiger partial charge in [-0.2, -0.15) is 0 Å². The molecule has 0 saturated heterocycles. The number of carbonyl (C=O) groups is 1. The molecule has 0 spiro atoms. The summed E-state index contributed by atoms with van der Waals surface area (Å²) in [6, 6.07) is 7.32. The topological polar surface area (TPSA) is 91.2 Å². The molecule has 19 heavy (non-hydrogen) atoms. The summed E-state index contributed by atoms with van der Waals surface area (Å²) in [6.07, 6.45) is 1.42. The number of carbonyl (C=O) groups excluding carboxylic acids is 1. The molecule has 1 amide bonds. The van der Waals surface area contributed by atoms with Crippen molar-refractivity contribution in [2.45, 2.75) is 6.54 Å². The fraction of sp³-hybridized carbons (Fsp3) is 0.0769. The fourth-order valence-electron chi connectivity index (χ4n) is 1.52. The molecule has 0 aliphatic carbocycles. The van der Waals surface area contributed by atoms with Crippen molar-refractivity contribution in [2.75, 3.05) is 0 Å². The summed E-state index contributed by atoms with van der Waals surface area (Å²) in [4.78, 5) is 15.1. The Labute approximate surface area is 109 Å². The second-order valence-electron chi connectivity index (χ2n) is 3.79. The Morgan fingerprint density at radius 1 is 1.37 bits per heavy atom. The molecule has 0 atom stereocenters. The lowest BCUT2D eigenvalue weighted by atomic mass is 10.2. The summed E-state index contributed by atoms with van der Waals surface area (Å²) in [7, 11) is 0. The molecule has 1 aromatic heterocycles. The number of primary amides is 1. The van der Waals surface area contributed by atoms with E-state index in [1.54, 1.807) is 12.1 Å². The molecule has 5 nitrogen and oxygen atoms in total. The van der Waals surface area contributed by atoms with Crippen LogP contribution in [0.4, 0.5) is 4.39 Å². The smallest absolute Gasteiger partial charge is 0.254 e. The van der Waals surface area contributed by atoms with Gasteiger partial charge in [-0.1, -0.05) is 6.07 Å². The Hall–Kier alpha value is -2.47. The van der Waals surface area contributed by atoms with Gasteiger partial charge in [0.25, 0.3) is 5.91 Å². The van der Waals surface area contributed by atoms with Crippen LogP contribution in [0, 0.1) is 5.82 Å². The molecular formula is C13H12FN3O2. The summed E-state index contributed by atoms with van der Waals surface area (Å²) in [6.45, 7) is 0.229. The van der Waals surface area contributed by atoms with Gasteiger partial charge < -0.3 is 16.2 Å². The first-order valence-corrected chi connectivity index (χ1v) is 5.53. The molecule has 4 N–H and O–H groups in total. The van der Waals surface area contributed by atoms with E-state index in [4.69, 9.17) is 16.2 Å². The van der Waals surface area contributed by atoms with Crippen LogP contribution in [0.2, 0.25) is 0 Å². The van der Waals surface area contributed by atoms with Crippen LogP contribution in [-0.2, 0) is 6.54 Å². The number of ether oxygens (including phenoxy) is 1. The van der Waals surface area contributed by atoms with Crippen molar-refractivity contribution in [3.8, 4) is 11.6 Å². The zero-order valence-electron chi connectivity index (χ0n) is 9.97. The van der Waals surface area contributed by atoms with Gasteiger partial charge >= 0.3 is 0 Å². The van der Waals surface area contributed by atoms with Crippen molar-refractivity contribution in [3.63, 3.8) is 0 Å². The molecule has 0 aliphatic heterocycles. The van der Waals surface area contributed by atoms with Crippen molar-refractivity contribution in [1.82, 2.24) is 4.98 Å². The van der Waals surface area contributed by atoms with Crippen LogP contribution in [0.1, 0.15) is 15.9 Å². The van der Waals surface area contributed by atoms with Gasteiger partial charge in [0.1, 0.15) is 5.56 Å². The third-order valence-corrected chi connectivity index (χ3v) is 2.48. The van der Waals surface area contributed by atoms with Gasteiger partial charge in [0.05, 0.1) is 0 Å². The Morgan fingerprint density at radius 3 is 2.79 bits per heavy atom. The molecule has 0 unspecified atom stereocenters. The number of aromatic nitrogens is 1. The molecule has 0 fully saturated rings. The average Bonchev–Trinajstić information content (AvgIpc) is 2.41. The lowest BCUT2D eigenvalue weighted by Crippen LogP contribution is -2.13. The van der Waals surface area contributed by atoms with Gasteiger partial charge in [-0.05, 0) is 29.8 Å². The molecule has 0 bridgehead atoms. The van der Waals surface area contributed by atoms with Crippen LogP contribution >= 0.6 is 0 Å². The van der Waals surface area contributed by atoms with E-state index < -0.39 is 11.7 Å². The second kappa shape index (κ2) is 5.45. The van der Waals surface area contributed by atoms with Gasteiger partial charge in [0.2, 0.25) is 5.88 Å². The summed E-state index contributed by atoms with van der Waals surface area (Å²) in [5.74, 6) is -1.35. The largest absolute Gasteiger partial charge is 0.435 e. The number of rotatable bonds is 4. The van der Waals surface area contributed by atoms with E-state index in [-0.39, 0.29) is 23.7 Å². The fourth-order valence-corrected chi connectivity index (χ4v) is 1.52. The Balaban J connectivity index is 2.34. The third kappa shape index (κ3) is 2.86. The van der Waals surface area contributed by atoms with Gasteiger partial charge in [-0.25, -0.2) is 9.37 Å². The Bertz CT molecular complexity index is 617. The predicted molar refractivity (Wildman–Crippen MR) is 67.1 cm³/mol. The summed E-state index contributed by atoms with van der Waals surface area (Å²) in [5, 5.41) is 0. The van der Waals surface area contributed by atoms with Crippen LogP contribution in [-0.4, -0.2) is 10.9 Å². The van der Waals surface area contributed by atoms with E-state index in [1.807, 2.05) is 0 Å². The van der Waals surface area contributed by atoms with Crippen molar-refractivity contribution in [1.29, 1.82) is 0 Å². The number of halogens is 1. The number of pyridine rings is 1. The minimum Gasteiger partial charge on any atom is -0.435 e. The number of amides is 1. The van der Waals surface area contributed by atoms with Gasteiger partial charge in [0.15, 0.2) is 11.6 Å². The van der Waals surface area contributed by atoms with E-state index in [2.05, 4.69) is 4.98 Å². The van der Waals surface area contributed by atoms with Gasteiger partial charge in [0, 0.05) is 12.7 Å². The zero-order chi connectivity index (χ0) is 13.8. The average molecular weight is 261 g/mol. The van der Waals surface area contributed by atoms with Gasteiger partial charge in [-0.15, -0.1) is 0 Å². The van der Waals surface area contributed by atoms with Crippen LogP contribution in [0.3, 0.4) is 0 Å². The zero-order valence-corrected chi connectivity index (χ0v) is 9.97. The minimum absolute atomic E-state index is 0.0330. The molecule has 1 heterocycles. The first-order valence-electron chi connectivity index (χ1n) is 5.53. The molecule has 1 aromatic carbocycles. The highest BCUT2D eigenvalue weighted by molar-refractivity contribution is 5.95. The van der Waals surface area contributed by atoms with Crippen molar-refractivity contribution in [3.05, 3.63) is 53.5 Å². The number of nitrogens with zero attached hydrogens (tertiary/aromatic N) is 1. The highest BCUT2D eigenvalue weighted by atomic mass is 19.1. The van der Waals surface area contributed by atoms with E-state index >= 15 is 0 Å². The van der Waals surface area contributed by atoms with Crippen LogP contribution in [0.5, 0.6) is 11.6 Å². The number of nitrogens with two attached hydrogens (primary N) is 2. The maximum absolute atomic E-state index is 13.7. The molecule has 2 rings (SSSR count). The van der Waals surface area contributed by atoms with E-state index in [0.29, 0.717) is 5.56 Å². The highest BCUT2D eigenvalue weighted by Gasteiger charge is 2.13. The monoisotopic (exact) mass is 261 g/mol. The molecule has 0 saturated carbocycles. The van der Waals surface area contributed by atoms with Crippen molar-refractivity contribution >= 4 is 5.91 Å². The number of hydrogen-bond donors (Lipinski definition) is 2. The van der Waals surface area contributed by atoms with Crippen molar-refractivity contribution in [2.24, 2.45) is 11.5 Å². The first-order chi connectivity index (χ1) is 9.11. The van der Waals surface area contributed by atoms with Crippen LogP contribution in [0.25, 0.3) is 0 Å². The first kappa shape index (κ1) is 13.0. The summed E-state index contributed by atoms with van der Waals surface area (Å²) in [5.41, 5.74) is 11.3.